The number of nitrogens with two attached hydrogens (primary N) is 1. The summed E-state index contributed by atoms with van der Waals surface area (Å²) in [5.74, 6) is -0.219. The van der Waals surface area contributed by atoms with Gasteiger partial charge in [-0.3, -0.25) is 0 Å². The van der Waals surface area contributed by atoms with Crippen LogP contribution in [0.15, 0.2) is 22.7 Å². The lowest BCUT2D eigenvalue weighted by Crippen LogP contribution is -2.41. The quantitative estimate of drug-likeness (QED) is 0.922. The third-order valence-corrected chi connectivity index (χ3v) is 4.15. The second-order valence-corrected chi connectivity index (χ2v) is 5.92. The number of hydrogen-bond donors (Lipinski definition) is 1. The molecule has 0 atom stereocenters. The Kier molecular flexibility index (Phi) is 3.49. The minimum absolute atomic E-state index is 0.0897. The van der Waals surface area contributed by atoms with Gasteiger partial charge in [0.25, 0.3) is 5.89 Å². The van der Waals surface area contributed by atoms with Crippen LogP contribution in [0.1, 0.15) is 38.4 Å². The van der Waals surface area contributed by atoms with Crippen molar-refractivity contribution in [2.24, 2.45) is 11.7 Å². The Morgan fingerprint density at radius 3 is 2.43 bits per heavy atom. The van der Waals surface area contributed by atoms with Gasteiger partial charge in [-0.1, -0.05) is 12.1 Å². The molecule has 21 heavy (non-hydrogen) atoms. The van der Waals surface area contributed by atoms with E-state index in [4.69, 9.17) is 10.3 Å². The highest BCUT2D eigenvalue weighted by atomic mass is 19.1. The van der Waals surface area contributed by atoms with Crippen LogP contribution in [-0.4, -0.2) is 10.1 Å². The highest BCUT2D eigenvalue weighted by molar-refractivity contribution is 5.52. The molecular weight excluding hydrogens is 276 g/mol. The van der Waals surface area contributed by atoms with Gasteiger partial charge in [0.15, 0.2) is 5.82 Å². The summed E-state index contributed by atoms with van der Waals surface area (Å²) in [6.07, 6.45) is 3.58. The van der Waals surface area contributed by atoms with Gasteiger partial charge in [-0.05, 0) is 43.7 Å². The Morgan fingerprint density at radius 1 is 1.19 bits per heavy atom. The van der Waals surface area contributed by atoms with Crippen molar-refractivity contribution in [3.63, 3.8) is 0 Å². The molecule has 4 nitrogen and oxygen atoms in total. The van der Waals surface area contributed by atoms with Gasteiger partial charge in [0.1, 0.15) is 11.6 Å². The van der Waals surface area contributed by atoms with Gasteiger partial charge in [-0.25, -0.2) is 8.78 Å². The van der Waals surface area contributed by atoms with Gasteiger partial charge in [0.2, 0.25) is 0 Å². The number of aromatic nitrogens is 2. The Labute approximate surface area is 121 Å². The molecule has 0 aliphatic heterocycles. The normalized spacial score (nSPS) is 26.0. The molecule has 3 rings (SSSR count). The first-order valence-corrected chi connectivity index (χ1v) is 7.06. The largest absolute Gasteiger partial charge is 0.334 e. The molecule has 6 heteroatoms. The molecule has 2 N–H and O–H groups in total. The predicted octanol–water partition coefficient (Wildman–Crippen LogP) is 3.38. The summed E-state index contributed by atoms with van der Waals surface area (Å²) in [5.41, 5.74) is 5.97. The molecule has 1 aliphatic rings. The molecular formula is C15H17F2N3O. The van der Waals surface area contributed by atoms with Gasteiger partial charge >= 0.3 is 0 Å². The SMILES string of the molecule is CC1CCC(N)(c2noc(-c3cc(F)cc(F)c3)n2)CC1. The first kappa shape index (κ1) is 14.1. The van der Waals surface area contributed by atoms with E-state index in [-0.39, 0.29) is 11.5 Å². The van der Waals surface area contributed by atoms with Crippen LogP contribution in [0.5, 0.6) is 0 Å². The van der Waals surface area contributed by atoms with Crippen molar-refractivity contribution >= 4 is 0 Å². The van der Waals surface area contributed by atoms with Crippen molar-refractivity contribution in [2.75, 3.05) is 0 Å². The van der Waals surface area contributed by atoms with E-state index in [9.17, 15) is 8.78 Å². The Bertz CT molecular complexity index is 628. The molecule has 0 bridgehead atoms. The molecule has 2 aromatic rings. The van der Waals surface area contributed by atoms with Crippen LogP contribution in [0, 0.1) is 17.6 Å². The zero-order valence-corrected chi connectivity index (χ0v) is 11.8. The Hall–Kier alpha value is -1.82. The topological polar surface area (TPSA) is 64.9 Å². The lowest BCUT2D eigenvalue weighted by Gasteiger charge is -2.33. The predicted molar refractivity (Wildman–Crippen MR) is 73.1 cm³/mol. The van der Waals surface area contributed by atoms with E-state index in [1.54, 1.807) is 0 Å². The molecule has 0 unspecified atom stereocenters. The molecule has 1 aromatic heterocycles. The number of benzene rings is 1. The summed E-state index contributed by atoms with van der Waals surface area (Å²) in [6.45, 7) is 2.19. The van der Waals surface area contributed by atoms with E-state index in [1.165, 1.54) is 0 Å². The molecule has 0 radical (unpaired) electrons. The second-order valence-electron chi connectivity index (χ2n) is 5.92. The highest BCUT2D eigenvalue weighted by Gasteiger charge is 2.36. The van der Waals surface area contributed by atoms with Crippen LogP contribution in [0.4, 0.5) is 8.78 Å². The third-order valence-electron chi connectivity index (χ3n) is 4.15. The van der Waals surface area contributed by atoms with Crippen LogP contribution in [-0.2, 0) is 5.54 Å². The van der Waals surface area contributed by atoms with E-state index in [0.717, 1.165) is 43.9 Å². The minimum atomic E-state index is -0.682. The zero-order valence-electron chi connectivity index (χ0n) is 11.8. The average Bonchev–Trinajstić information content (AvgIpc) is 2.92. The lowest BCUT2D eigenvalue weighted by molar-refractivity contribution is 0.230. The summed E-state index contributed by atoms with van der Waals surface area (Å²) in [5, 5.41) is 3.92. The highest BCUT2D eigenvalue weighted by Crippen LogP contribution is 2.36. The zero-order chi connectivity index (χ0) is 15.0. The summed E-state index contributed by atoms with van der Waals surface area (Å²) >= 11 is 0. The Balaban J connectivity index is 1.89. The van der Waals surface area contributed by atoms with E-state index in [2.05, 4.69) is 17.1 Å². The first-order valence-electron chi connectivity index (χ1n) is 7.06. The van der Waals surface area contributed by atoms with Crippen LogP contribution in [0.3, 0.4) is 0 Å². The monoisotopic (exact) mass is 293 g/mol. The number of rotatable bonds is 2. The third kappa shape index (κ3) is 2.81. The van der Waals surface area contributed by atoms with Crippen molar-refractivity contribution in [1.29, 1.82) is 0 Å². The summed E-state index contributed by atoms with van der Waals surface area (Å²) in [7, 11) is 0. The molecule has 1 heterocycles. The van der Waals surface area contributed by atoms with Crippen LogP contribution in [0.2, 0.25) is 0 Å². The Morgan fingerprint density at radius 2 is 1.81 bits per heavy atom. The fourth-order valence-electron chi connectivity index (χ4n) is 2.72. The number of hydrogen-bond acceptors (Lipinski definition) is 4. The number of halogens is 2. The van der Waals surface area contributed by atoms with Crippen molar-refractivity contribution in [3.8, 4) is 11.5 Å². The van der Waals surface area contributed by atoms with Crippen molar-refractivity contribution in [2.45, 2.75) is 38.1 Å². The molecule has 112 valence electrons. The van der Waals surface area contributed by atoms with E-state index in [1.807, 2.05) is 0 Å². The van der Waals surface area contributed by atoms with E-state index < -0.39 is 17.2 Å². The van der Waals surface area contributed by atoms with Crippen LogP contribution in [0.25, 0.3) is 11.5 Å². The fourth-order valence-corrected chi connectivity index (χ4v) is 2.72. The van der Waals surface area contributed by atoms with Gasteiger partial charge < -0.3 is 10.3 Å². The van der Waals surface area contributed by atoms with Crippen molar-refractivity contribution < 1.29 is 13.3 Å². The molecule has 0 saturated heterocycles. The molecule has 1 saturated carbocycles. The van der Waals surface area contributed by atoms with E-state index in [0.29, 0.717) is 11.7 Å². The van der Waals surface area contributed by atoms with Gasteiger partial charge in [-0.15, -0.1) is 0 Å². The van der Waals surface area contributed by atoms with Gasteiger partial charge in [0.05, 0.1) is 5.54 Å². The molecule has 0 amide bonds. The fraction of sp³-hybridized carbons (Fsp3) is 0.467. The maximum atomic E-state index is 13.2. The molecule has 1 aliphatic carbocycles. The average molecular weight is 293 g/mol. The molecule has 1 fully saturated rings. The van der Waals surface area contributed by atoms with Crippen molar-refractivity contribution in [3.05, 3.63) is 35.7 Å². The lowest BCUT2D eigenvalue weighted by atomic mass is 9.77. The van der Waals surface area contributed by atoms with Gasteiger partial charge in [-0.2, -0.15) is 4.98 Å². The smallest absolute Gasteiger partial charge is 0.258 e. The minimum Gasteiger partial charge on any atom is -0.334 e. The maximum Gasteiger partial charge on any atom is 0.258 e. The summed E-state index contributed by atoms with van der Waals surface area (Å²) in [6, 6.07) is 3.12. The summed E-state index contributed by atoms with van der Waals surface area (Å²) < 4.78 is 31.6. The van der Waals surface area contributed by atoms with E-state index >= 15 is 0 Å². The molecule has 0 spiro atoms. The maximum absolute atomic E-state index is 13.2. The second kappa shape index (κ2) is 5.18. The standard InChI is InChI=1S/C15H17F2N3O/c1-9-2-4-15(18,5-3-9)14-19-13(21-20-14)10-6-11(16)8-12(17)7-10/h6-9H,2-5,18H2,1H3. The number of nitrogens with zero attached hydrogens (tertiary/aromatic N) is 2. The van der Waals surface area contributed by atoms with Crippen LogP contribution < -0.4 is 5.73 Å². The van der Waals surface area contributed by atoms with Crippen LogP contribution >= 0.6 is 0 Å². The van der Waals surface area contributed by atoms with Crippen molar-refractivity contribution in [1.82, 2.24) is 10.1 Å². The summed E-state index contributed by atoms with van der Waals surface area (Å²) in [4.78, 5) is 4.25. The molecule has 1 aromatic carbocycles. The van der Waals surface area contributed by atoms with Gasteiger partial charge in [0, 0.05) is 11.6 Å². The first-order chi connectivity index (χ1) is 9.96.